The van der Waals surface area contributed by atoms with E-state index in [-0.39, 0.29) is 0 Å². The third-order valence-electron chi connectivity index (χ3n) is 2.49. The zero-order valence-corrected chi connectivity index (χ0v) is 10.3. The van der Waals surface area contributed by atoms with E-state index in [0.29, 0.717) is 6.42 Å². The molecular formula is C11H11BrN2O2. The Bertz CT molecular complexity index is 536. The van der Waals surface area contributed by atoms with E-state index >= 15 is 0 Å². The number of carboxylic acids is 1. The van der Waals surface area contributed by atoms with E-state index in [1.807, 2.05) is 28.8 Å². The molecule has 2 heterocycles. The van der Waals surface area contributed by atoms with Gasteiger partial charge < -0.3 is 9.51 Å². The summed E-state index contributed by atoms with van der Waals surface area (Å²) in [5, 5.41) is 8.87. The first-order valence-corrected chi connectivity index (χ1v) is 5.73. The number of carboxylic acid groups (broad SMARTS) is 1. The van der Waals surface area contributed by atoms with Crippen molar-refractivity contribution in [1.29, 1.82) is 0 Å². The molecule has 0 aromatic carbocycles. The van der Waals surface area contributed by atoms with Crippen LogP contribution in [0.3, 0.4) is 0 Å². The smallest absolute Gasteiger partial charge is 0.306 e. The lowest BCUT2D eigenvalue weighted by atomic mass is 10.1. The normalized spacial score (nSPS) is 12.9. The van der Waals surface area contributed by atoms with Crippen LogP contribution in [0.1, 0.15) is 12.7 Å². The summed E-state index contributed by atoms with van der Waals surface area (Å²) in [5.74, 6) is -0.473. The molecule has 1 unspecified atom stereocenters. The fourth-order valence-electron chi connectivity index (χ4n) is 1.57. The number of nitrogens with zero attached hydrogens (tertiary/aromatic N) is 2. The summed E-state index contributed by atoms with van der Waals surface area (Å²) in [6.07, 6.45) is 2.31. The second kappa shape index (κ2) is 4.25. The topological polar surface area (TPSA) is 54.6 Å². The first-order valence-electron chi connectivity index (χ1n) is 4.94. The first kappa shape index (κ1) is 11.1. The van der Waals surface area contributed by atoms with Crippen LogP contribution in [0, 0.1) is 5.92 Å². The lowest BCUT2D eigenvalue weighted by Crippen LogP contribution is -2.14. The van der Waals surface area contributed by atoms with Gasteiger partial charge in [0.15, 0.2) is 0 Å². The molecule has 0 spiro atoms. The van der Waals surface area contributed by atoms with Crippen LogP contribution in [0.25, 0.3) is 5.52 Å². The molecule has 0 fully saturated rings. The second-order valence-electron chi connectivity index (χ2n) is 3.72. The molecule has 0 aliphatic heterocycles. The molecule has 0 aliphatic rings. The SMILES string of the molecule is CC(Cc1nc(Br)c2ccccn12)C(=O)O. The average molecular weight is 283 g/mol. The summed E-state index contributed by atoms with van der Waals surface area (Å²) < 4.78 is 2.66. The van der Waals surface area contributed by atoms with Crippen LogP contribution in [-0.4, -0.2) is 20.5 Å². The van der Waals surface area contributed by atoms with Crippen LogP contribution in [0.5, 0.6) is 0 Å². The maximum atomic E-state index is 10.8. The number of rotatable bonds is 3. The number of halogens is 1. The van der Waals surface area contributed by atoms with Crippen LogP contribution in [0.4, 0.5) is 0 Å². The van der Waals surface area contributed by atoms with Gasteiger partial charge in [-0.1, -0.05) is 13.0 Å². The molecule has 0 saturated heterocycles. The lowest BCUT2D eigenvalue weighted by Gasteiger charge is -2.04. The van der Waals surface area contributed by atoms with Gasteiger partial charge in [-0.3, -0.25) is 4.79 Å². The molecule has 2 rings (SSSR count). The monoisotopic (exact) mass is 282 g/mol. The van der Waals surface area contributed by atoms with Gasteiger partial charge in [0.05, 0.1) is 11.4 Å². The molecule has 0 bridgehead atoms. The van der Waals surface area contributed by atoms with Crippen molar-refractivity contribution in [3.63, 3.8) is 0 Å². The van der Waals surface area contributed by atoms with Gasteiger partial charge >= 0.3 is 5.97 Å². The molecule has 2 aromatic heterocycles. The standard InChI is InChI=1S/C11H11BrN2O2/c1-7(11(15)16)6-9-13-10(12)8-4-2-3-5-14(8)9/h2-5,7H,6H2,1H3,(H,15,16). The van der Waals surface area contributed by atoms with Gasteiger partial charge in [0.2, 0.25) is 0 Å². The van der Waals surface area contributed by atoms with Crippen LogP contribution in [0.2, 0.25) is 0 Å². The van der Waals surface area contributed by atoms with E-state index < -0.39 is 11.9 Å². The van der Waals surface area contributed by atoms with Gasteiger partial charge in [-0.15, -0.1) is 0 Å². The highest BCUT2D eigenvalue weighted by molar-refractivity contribution is 9.10. The maximum Gasteiger partial charge on any atom is 0.306 e. The molecule has 84 valence electrons. The Morgan fingerprint density at radius 2 is 2.38 bits per heavy atom. The Morgan fingerprint density at radius 3 is 3.06 bits per heavy atom. The quantitative estimate of drug-likeness (QED) is 0.940. The number of aromatic nitrogens is 2. The summed E-state index contributed by atoms with van der Waals surface area (Å²) in [6, 6.07) is 5.76. The number of carbonyl (C=O) groups is 1. The van der Waals surface area contributed by atoms with Crippen LogP contribution in [0.15, 0.2) is 29.0 Å². The fraction of sp³-hybridized carbons (Fsp3) is 0.273. The highest BCUT2D eigenvalue weighted by Gasteiger charge is 2.16. The van der Waals surface area contributed by atoms with Crippen molar-refractivity contribution in [3.05, 3.63) is 34.8 Å². The lowest BCUT2D eigenvalue weighted by molar-refractivity contribution is -0.141. The van der Waals surface area contributed by atoms with Crippen molar-refractivity contribution < 1.29 is 9.90 Å². The number of imidazole rings is 1. The molecule has 0 saturated carbocycles. The highest BCUT2D eigenvalue weighted by Crippen LogP contribution is 2.20. The number of hydrogen-bond acceptors (Lipinski definition) is 2. The summed E-state index contributed by atoms with van der Waals surface area (Å²) >= 11 is 3.37. The second-order valence-corrected chi connectivity index (χ2v) is 4.47. The number of fused-ring (bicyclic) bond motifs is 1. The van der Waals surface area contributed by atoms with Crippen LogP contribution >= 0.6 is 15.9 Å². The van der Waals surface area contributed by atoms with E-state index in [1.54, 1.807) is 6.92 Å². The molecule has 1 atom stereocenters. The van der Waals surface area contributed by atoms with Gasteiger partial charge in [-0.2, -0.15) is 0 Å². The van der Waals surface area contributed by atoms with E-state index in [0.717, 1.165) is 15.9 Å². The van der Waals surface area contributed by atoms with E-state index in [4.69, 9.17) is 5.11 Å². The number of hydrogen-bond donors (Lipinski definition) is 1. The predicted molar refractivity (Wildman–Crippen MR) is 63.4 cm³/mol. The molecule has 4 nitrogen and oxygen atoms in total. The van der Waals surface area contributed by atoms with E-state index in [9.17, 15) is 4.79 Å². The van der Waals surface area contributed by atoms with Crippen molar-refractivity contribution in [2.45, 2.75) is 13.3 Å². The van der Waals surface area contributed by atoms with Gasteiger partial charge in [0.25, 0.3) is 0 Å². The van der Waals surface area contributed by atoms with Crippen molar-refractivity contribution in [3.8, 4) is 0 Å². The fourth-order valence-corrected chi connectivity index (χ4v) is 2.09. The van der Waals surface area contributed by atoms with Crippen molar-refractivity contribution in [1.82, 2.24) is 9.38 Å². The Hall–Kier alpha value is -1.36. The summed E-state index contributed by atoms with van der Waals surface area (Å²) in [7, 11) is 0. The predicted octanol–water partition coefficient (Wildman–Crippen LogP) is 2.36. The molecule has 5 heteroatoms. The van der Waals surface area contributed by atoms with Gasteiger partial charge in [0, 0.05) is 12.6 Å². The molecule has 2 aromatic rings. The van der Waals surface area contributed by atoms with Crippen molar-refractivity contribution >= 4 is 27.4 Å². The highest BCUT2D eigenvalue weighted by atomic mass is 79.9. The van der Waals surface area contributed by atoms with Crippen molar-refractivity contribution in [2.24, 2.45) is 5.92 Å². The third-order valence-corrected chi connectivity index (χ3v) is 3.07. The number of aliphatic carboxylic acids is 1. The first-order chi connectivity index (χ1) is 7.59. The Labute approximate surface area is 101 Å². The molecule has 0 aliphatic carbocycles. The molecule has 0 amide bonds. The molecule has 1 N–H and O–H groups in total. The average Bonchev–Trinajstić information content (AvgIpc) is 2.57. The van der Waals surface area contributed by atoms with Gasteiger partial charge in [-0.05, 0) is 28.1 Å². The van der Waals surface area contributed by atoms with Gasteiger partial charge in [-0.25, -0.2) is 4.98 Å². The minimum atomic E-state index is -0.802. The zero-order valence-electron chi connectivity index (χ0n) is 8.72. The van der Waals surface area contributed by atoms with Crippen LogP contribution < -0.4 is 0 Å². The molecule has 16 heavy (non-hydrogen) atoms. The molecular weight excluding hydrogens is 272 g/mol. The summed E-state index contributed by atoms with van der Waals surface area (Å²) in [6.45, 7) is 1.68. The minimum absolute atomic E-state index is 0.423. The maximum absolute atomic E-state index is 10.8. The van der Waals surface area contributed by atoms with E-state index in [2.05, 4.69) is 20.9 Å². The van der Waals surface area contributed by atoms with Crippen molar-refractivity contribution in [2.75, 3.05) is 0 Å². The zero-order chi connectivity index (χ0) is 11.7. The largest absolute Gasteiger partial charge is 0.481 e. The minimum Gasteiger partial charge on any atom is -0.481 e. The van der Waals surface area contributed by atoms with Crippen LogP contribution in [-0.2, 0) is 11.2 Å². The Kier molecular flexibility index (Phi) is 2.96. The third kappa shape index (κ3) is 1.95. The Balaban J connectivity index is 2.42. The molecule has 0 radical (unpaired) electrons. The van der Waals surface area contributed by atoms with E-state index in [1.165, 1.54) is 0 Å². The summed E-state index contributed by atoms with van der Waals surface area (Å²) in [4.78, 5) is 15.1. The van der Waals surface area contributed by atoms with Gasteiger partial charge in [0.1, 0.15) is 10.4 Å². The Morgan fingerprint density at radius 1 is 1.62 bits per heavy atom. The summed E-state index contributed by atoms with van der Waals surface area (Å²) in [5.41, 5.74) is 0.954. The number of pyridine rings is 1.